The van der Waals surface area contributed by atoms with Crippen molar-refractivity contribution >= 4 is 15.5 Å². The first-order valence-corrected chi connectivity index (χ1v) is 9.66. The van der Waals surface area contributed by atoms with E-state index in [0.29, 0.717) is 17.0 Å². The molecule has 1 aliphatic heterocycles. The summed E-state index contributed by atoms with van der Waals surface area (Å²) in [7, 11) is -1.00. The highest BCUT2D eigenvalue weighted by atomic mass is 32.2. The lowest BCUT2D eigenvalue weighted by molar-refractivity contribution is 0.309. The highest BCUT2D eigenvalue weighted by molar-refractivity contribution is 7.90. The van der Waals surface area contributed by atoms with Gasteiger partial charge in [-0.2, -0.15) is 0 Å². The number of hydrogen-bond donors (Lipinski definition) is 1. The molecule has 1 aliphatic rings. The standard InChI is InChI=1S/C18H22N2O2S/c1-20-13-12-17(18(20)14-6-4-3-5-7-14)19-15-8-10-16(11-9-15)23(2,21)22/h3-11,17-19H,12-13H2,1-2H3/t17-,18+/m0/s1. The number of nitrogens with zero attached hydrogens (tertiary/aromatic N) is 1. The largest absolute Gasteiger partial charge is 0.380 e. The Morgan fingerprint density at radius 2 is 1.70 bits per heavy atom. The van der Waals surface area contributed by atoms with E-state index in [0.717, 1.165) is 18.7 Å². The van der Waals surface area contributed by atoms with Crippen molar-refractivity contribution in [1.29, 1.82) is 0 Å². The number of likely N-dealkylation sites (N-methyl/N-ethyl adjacent to an activating group) is 1. The normalized spacial score (nSPS) is 22.2. The zero-order chi connectivity index (χ0) is 16.4. The van der Waals surface area contributed by atoms with Crippen LogP contribution in [0.5, 0.6) is 0 Å². The minimum absolute atomic E-state index is 0.312. The maximum absolute atomic E-state index is 11.5. The summed E-state index contributed by atoms with van der Waals surface area (Å²) >= 11 is 0. The second kappa shape index (κ2) is 6.34. The van der Waals surface area contributed by atoms with Crippen LogP contribution in [0.1, 0.15) is 18.0 Å². The Labute approximate surface area is 138 Å². The third kappa shape index (κ3) is 3.57. The molecule has 2 aromatic carbocycles. The average Bonchev–Trinajstić information content (AvgIpc) is 2.88. The number of anilines is 1. The van der Waals surface area contributed by atoms with Crippen molar-refractivity contribution in [2.24, 2.45) is 0 Å². The molecule has 0 bridgehead atoms. The SMILES string of the molecule is CN1CC[C@H](Nc2ccc(S(C)(=O)=O)cc2)[C@H]1c1ccccc1. The van der Waals surface area contributed by atoms with Gasteiger partial charge in [0.1, 0.15) is 0 Å². The molecule has 0 unspecified atom stereocenters. The van der Waals surface area contributed by atoms with E-state index in [1.807, 2.05) is 18.2 Å². The van der Waals surface area contributed by atoms with Crippen LogP contribution in [0.25, 0.3) is 0 Å². The Morgan fingerprint density at radius 3 is 2.30 bits per heavy atom. The molecule has 0 amide bonds. The lowest BCUT2D eigenvalue weighted by Crippen LogP contribution is -2.29. The third-order valence-corrected chi connectivity index (χ3v) is 5.55. The molecule has 5 heteroatoms. The van der Waals surface area contributed by atoms with Crippen LogP contribution >= 0.6 is 0 Å². The summed E-state index contributed by atoms with van der Waals surface area (Å²) in [5, 5.41) is 3.56. The molecule has 2 aromatic rings. The molecule has 0 saturated carbocycles. The van der Waals surface area contributed by atoms with Gasteiger partial charge in [-0.3, -0.25) is 4.90 Å². The molecule has 1 saturated heterocycles. The van der Waals surface area contributed by atoms with Crippen LogP contribution in [0.4, 0.5) is 5.69 Å². The second-order valence-electron chi connectivity index (χ2n) is 6.17. The number of benzene rings is 2. The smallest absolute Gasteiger partial charge is 0.175 e. The molecule has 3 rings (SSSR count). The van der Waals surface area contributed by atoms with E-state index in [1.54, 1.807) is 12.1 Å². The highest BCUT2D eigenvalue weighted by Crippen LogP contribution is 2.33. The van der Waals surface area contributed by atoms with Crippen molar-refractivity contribution in [2.75, 3.05) is 25.2 Å². The zero-order valence-corrected chi connectivity index (χ0v) is 14.3. The van der Waals surface area contributed by atoms with Crippen molar-refractivity contribution < 1.29 is 8.42 Å². The van der Waals surface area contributed by atoms with E-state index in [4.69, 9.17) is 0 Å². The van der Waals surface area contributed by atoms with E-state index in [1.165, 1.54) is 11.8 Å². The lowest BCUT2D eigenvalue weighted by atomic mass is 10.00. The summed E-state index contributed by atoms with van der Waals surface area (Å²) in [6.45, 7) is 1.04. The molecule has 0 aliphatic carbocycles. The predicted octanol–water partition coefficient (Wildman–Crippen LogP) is 2.95. The fraction of sp³-hybridized carbons (Fsp3) is 0.333. The summed E-state index contributed by atoms with van der Waals surface area (Å²) in [6, 6.07) is 18.1. The average molecular weight is 330 g/mol. The predicted molar refractivity (Wildman–Crippen MR) is 93.4 cm³/mol. The molecular weight excluding hydrogens is 308 g/mol. The molecule has 1 N–H and O–H groups in total. The molecule has 1 heterocycles. The van der Waals surface area contributed by atoms with Crippen molar-refractivity contribution in [3.63, 3.8) is 0 Å². The Balaban J connectivity index is 1.79. The van der Waals surface area contributed by atoms with Crippen LogP contribution in [0, 0.1) is 0 Å². The molecule has 0 aromatic heterocycles. The minimum atomic E-state index is -3.15. The van der Waals surface area contributed by atoms with Crippen molar-refractivity contribution in [3.05, 3.63) is 60.2 Å². The van der Waals surface area contributed by atoms with Crippen molar-refractivity contribution in [1.82, 2.24) is 4.90 Å². The van der Waals surface area contributed by atoms with Gasteiger partial charge in [0.25, 0.3) is 0 Å². The van der Waals surface area contributed by atoms with Gasteiger partial charge in [0.15, 0.2) is 9.84 Å². The lowest BCUT2D eigenvalue weighted by Gasteiger charge is -2.27. The summed E-state index contributed by atoms with van der Waals surface area (Å²) in [4.78, 5) is 2.71. The van der Waals surface area contributed by atoms with Gasteiger partial charge in [-0.15, -0.1) is 0 Å². The van der Waals surface area contributed by atoms with Gasteiger partial charge in [0.2, 0.25) is 0 Å². The van der Waals surface area contributed by atoms with Gasteiger partial charge in [-0.1, -0.05) is 30.3 Å². The van der Waals surface area contributed by atoms with Crippen LogP contribution in [0.15, 0.2) is 59.5 Å². The summed E-state index contributed by atoms with van der Waals surface area (Å²) in [5.74, 6) is 0. The number of nitrogens with one attached hydrogen (secondary N) is 1. The number of sulfone groups is 1. The van der Waals surface area contributed by atoms with E-state index >= 15 is 0 Å². The van der Waals surface area contributed by atoms with Gasteiger partial charge in [-0.25, -0.2) is 8.42 Å². The number of rotatable bonds is 4. The van der Waals surface area contributed by atoms with E-state index in [2.05, 4.69) is 41.5 Å². The molecule has 2 atom stereocenters. The minimum Gasteiger partial charge on any atom is -0.380 e. The van der Waals surface area contributed by atoms with E-state index < -0.39 is 9.84 Å². The fourth-order valence-corrected chi connectivity index (χ4v) is 3.88. The van der Waals surface area contributed by atoms with Gasteiger partial charge in [-0.05, 0) is 43.3 Å². The Kier molecular flexibility index (Phi) is 4.41. The summed E-state index contributed by atoms with van der Waals surface area (Å²) in [5.41, 5.74) is 2.26. The Hall–Kier alpha value is -1.85. The third-order valence-electron chi connectivity index (χ3n) is 4.42. The first-order chi connectivity index (χ1) is 10.9. The molecule has 122 valence electrons. The first-order valence-electron chi connectivity index (χ1n) is 7.77. The van der Waals surface area contributed by atoms with Gasteiger partial charge < -0.3 is 5.32 Å². The van der Waals surface area contributed by atoms with Gasteiger partial charge >= 0.3 is 0 Å². The van der Waals surface area contributed by atoms with Crippen LogP contribution in [0.2, 0.25) is 0 Å². The molecule has 0 spiro atoms. The number of likely N-dealkylation sites (tertiary alicyclic amines) is 1. The maximum Gasteiger partial charge on any atom is 0.175 e. The Morgan fingerprint density at radius 1 is 1.04 bits per heavy atom. The zero-order valence-electron chi connectivity index (χ0n) is 13.4. The molecule has 1 fully saturated rings. The van der Waals surface area contributed by atoms with Gasteiger partial charge in [0, 0.05) is 24.5 Å². The van der Waals surface area contributed by atoms with Crippen molar-refractivity contribution in [3.8, 4) is 0 Å². The van der Waals surface area contributed by atoms with Crippen LogP contribution < -0.4 is 5.32 Å². The molecule has 23 heavy (non-hydrogen) atoms. The molecular formula is C18H22N2O2S. The molecule has 0 radical (unpaired) electrons. The monoisotopic (exact) mass is 330 g/mol. The number of hydrogen-bond acceptors (Lipinski definition) is 4. The van der Waals surface area contributed by atoms with Crippen LogP contribution in [-0.2, 0) is 9.84 Å². The van der Waals surface area contributed by atoms with E-state index in [9.17, 15) is 8.42 Å². The second-order valence-corrected chi connectivity index (χ2v) is 8.19. The maximum atomic E-state index is 11.5. The Bertz CT molecular complexity index is 757. The first kappa shape index (κ1) is 16.0. The van der Waals surface area contributed by atoms with Crippen molar-refractivity contribution in [2.45, 2.75) is 23.4 Å². The van der Waals surface area contributed by atoms with Crippen LogP contribution in [-0.4, -0.2) is 39.2 Å². The summed E-state index contributed by atoms with van der Waals surface area (Å²) < 4.78 is 23.1. The summed E-state index contributed by atoms with van der Waals surface area (Å²) in [6.07, 6.45) is 2.29. The quantitative estimate of drug-likeness (QED) is 0.936. The topological polar surface area (TPSA) is 49.4 Å². The fourth-order valence-electron chi connectivity index (χ4n) is 3.25. The van der Waals surface area contributed by atoms with E-state index in [-0.39, 0.29) is 0 Å². The molecule has 4 nitrogen and oxygen atoms in total. The highest BCUT2D eigenvalue weighted by Gasteiger charge is 2.32. The van der Waals surface area contributed by atoms with Gasteiger partial charge in [0.05, 0.1) is 10.9 Å². The van der Waals surface area contributed by atoms with Crippen LogP contribution in [0.3, 0.4) is 0 Å².